The van der Waals surface area contributed by atoms with Crippen LogP contribution in [0.4, 0.5) is 10.1 Å². The summed E-state index contributed by atoms with van der Waals surface area (Å²) in [7, 11) is 0. The molecular formula is C15H19BrFN. The highest BCUT2D eigenvalue weighted by molar-refractivity contribution is 9.08. The van der Waals surface area contributed by atoms with E-state index in [-0.39, 0.29) is 5.82 Å². The van der Waals surface area contributed by atoms with Gasteiger partial charge in [-0.1, -0.05) is 22.0 Å². The number of halogens is 2. The first-order valence-corrected chi connectivity index (χ1v) is 7.97. The summed E-state index contributed by atoms with van der Waals surface area (Å²) in [5.74, 6) is 1.55. The summed E-state index contributed by atoms with van der Waals surface area (Å²) in [6.45, 7) is 2.09. The second kappa shape index (κ2) is 5.20. The van der Waals surface area contributed by atoms with Gasteiger partial charge in [-0.05, 0) is 55.2 Å². The average molecular weight is 312 g/mol. The van der Waals surface area contributed by atoms with Crippen molar-refractivity contribution in [3.05, 3.63) is 29.6 Å². The third-order valence-corrected chi connectivity index (χ3v) is 4.51. The molecule has 1 aromatic rings. The van der Waals surface area contributed by atoms with Crippen LogP contribution < -0.4 is 4.90 Å². The van der Waals surface area contributed by atoms with Crippen LogP contribution in [-0.4, -0.2) is 13.1 Å². The van der Waals surface area contributed by atoms with E-state index in [0.717, 1.165) is 41.5 Å². The molecule has 2 saturated carbocycles. The normalized spacial score (nSPS) is 19.0. The number of benzene rings is 1. The van der Waals surface area contributed by atoms with Crippen LogP contribution in [0, 0.1) is 17.7 Å². The van der Waals surface area contributed by atoms with Crippen LogP contribution in [0.3, 0.4) is 0 Å². The monoisotopic (exact) mass is 311 g/mol. The van der Waals surface area contributed by atoms with E-state index in [1.165, 1.54) is 25.7 Å². The van der Waals surface area contributed by atoms with Crippen LogP contribution >= 0.6 is 15.9 Å². The molecule has 2 aliphatic carbocycles. The molecule has 1 nitrogen and oxygen atoms in total. The Morgan fingerprint density at radius 2 is 1.72 bits per heavy atom. The highest BCUT2D eigenvalue weighted by Crippen LogP contribution is 2.36. The van der Waals surface area contributed by atoms with Gasteiger partial charge in [0.25, 0.3) is 0 Å². The second-order valence-electron chi connectivity index (χ2n) is 5.71. The molecule has 0 bridgehead atoms. The van der Waals surface area contributed by atoms with Crippen molar-refractivity contribution in [1.29, 1.82) is 0 Å². The molecule has 0 N–H and O–H groups in total. The maximum atomic E-state index is 14.2. The Bertz CT molecular complexity index is 413. The van der Waals surface area contributed by atoms with E-state index in [2.05, 4.69) is 20.8 Å². The van der Waals surface area contributed by atoms with Gasteiger partial charge in [-0.15, -0.1) is 0 Å². The minimum absolute atomic E-state index is 0.0618. The van der Waals surface area contributed by atoms with E-state index in [9.17, 15) is 4.39 Å². The molecule has 18 heavy (non-hydrogen) atoms. The summed E-state index contributed by atoms with van der Waals surface area (Å²) in [5.41, 5.74) is 1.81. The van der Waals surface area contributed by atoms with E-state index < -0.39 is 0 Å². The molecule has 1 aromatic carbocycles. The highest BCUT2D eigenvalue weighted by atomic mass is 79.9. The fraction of sp³-hybridized carbons (Fsp3) is 0.600. The maximum Gasteiger partial charge on any atom is 0.146 e. The van der Waals surface area contributed by atoms with Crippen LogP contribution in [0.1, 0.15) is 31.2 Å². The molecule has 0 aliphatic heterocycles. The molecule has 98 valence electrons. The lowest BCUT2D eigenvalue weighted by Gasteiger charge is -2.25. The maximum absolute atomic E-state index is 14.2. The molecule has 0 spiro atoms. The Kier molecular flexibility index (Phi) is 3.60. The smallest absolute Gasteiger partial charge is 0.146 e. The molecule has 0 amide bonds. The first kappa shape index (κ1) is 12.5. The fourth-order valence-electron chi connectivity index (χ4n) is 2.39. The van der Waals surface area contributed by atoms with Crippen LogP contribution in [0.5, 0.6) is 0 Å². The van der Waals surface area contributed by atoms with E-state index in [4.69, 9.17) is 0 Å². The molecule has 2 aliphatic rings. The van der Waals surface area contributed by atoms with Gasteiger partial charge in [-0.25, -0.2) is 4.39 Å². The molecule has 0 saturated heterocycles. The van der Waals surface area contributed by atoms with Crippen molar-refractivity contribution < 1.29 is 4.39 Å². The largest absolute Gasteiger partial charge is 0.369 e. The topological polar surface area (TPSA) is 3.24 Å². The quantitative estimate of drug-likeness (QED) is 0.706. The molecule has 2 fully saturated rings. The summed E-state index contributed by atoms with van der Waals surface area (Å²) in [6, 6.07) is 5.65. The summed E-state index contributed by atoms with van der Waals surface area (Å²) in [5, 5.41) is 0.718. The van der Waals surface area contributed by atoms with Crippen molar-refractivity contribution >= 4 is 21.6 Å². The lowest BCUT2D eigenvalue weighted by atomic mass is 10.2. The van der Waals surface area contributed by atoms with Gasteiger partial charge in [0.1, 0.15) is 5.82 Å². The van der Waals surface area contributed by atoms with Gasteiger partial charge >= 0.3 is 0 Å². The number of hydrogen-bond acceptors (Lipinski definition) is 1. The van der Waals surface area contributed by atoms with Crippen molar-refractivity contribution in [3.63, 3.8) is 0 Å². The third kappa shape index (κ3) is 3.05. The van der Waals surface area contributed by atoms with Crippen LogP contribution in [-0.2, 0) is 5.33 Å². The lowest BCUT2D eigenvalue weighted by Crippen LogP contribution is -2.28. The van der Waals surface area contributed by atoms with Crippen molar-refractivity contribution in [2.75, 3.05) is 18.0 Å². The number of anilines is 1. The van der Waals surface area contributed by atoms with Crippen molar-refractivity contribution in [3.8, 4) is 0 Å². The van der Waals surface area contributed by atoms with Crippen molar-refractivity contribution in [1.82, 2.24) is 0 Å². The molecule has 0 heterocycles. The number of alkyl halides is 1. The summed E-state index contributed by atoms with van der Waals surface area (Å²) in [4.78, 5) is 2.28. The predicted octanol–water partition coefficient (Wildman–Crippen LogP) is 4.35. The van der Waals surface area contributed by atoms with Crippen LogP contribution in [0.15, 0.2) is 18.2 Å². The van der Waals surface area contributed by atoms with Gasteiger partial charge < -0.3 is 4.90 Å². The summed E-state index contributed by atoms with van der Waals surface area (Å²) >= 11 is 3.37. The first-order chi connectivity index (χ1) is 8.76. The number of rotatable bonds is 6. The Labute approximate surface area is 116 Å². The Morgan fingerprint density at radius 3 is 2.17 bits per heavy atom. The SMILES string of the molecule is Fc1cc(CBr)ccc1N(CC1CC1)CC1CC1. The van der Waals surface area contributed by atoms with Crippen molar-refractivity contribution in [2.24, 2.45) is 11.8 Å². The van der Waals surface area contributed by atoms with Gasteiger partial charge in [0.05, 0.1) is 5.69 Å². The molecule has 0 atom stereocenters. The van der Waals surface area contributed by atoms with E-state index in [1.807, 2.05) is 12.1 Å². The first-order valence-electron chi connectivity index (χ1n) is 6.85. The molecule has 3 rings (SSSR count). The molecule has 0 unspecified atom stereocenters. The fourth-order valence-corrected chi connectivity index (χ4v) is 2.73. The van der Waals surface area contributed by atoms with E-state index in [0.29, 0.717) is 0 Å². The average Bonchev–Trinajstić information content (AvgIpc) is 3.23. The Morgan fingerprint density at radius 1 is 1.11 bits per heavy atom. The molecule has 0 aromatic heterocycles. The number of nitrogens with zero attached hydrogens (tertiary/aromatic N) is 1. The van der Waals surface area contributed by atoms with Crippen LogP contribution in [0.2, 0.25) is 0 Å². The van der Waals surface area contributed by atoms with Gasteiger partial charge in [-0.2, -0.15) is 0 Å². The van der Waals surface area contributed by atoms with Crippen LogP contribution in [0.25, 0.3) is 0 Å². The molecule has 3 heteroatoms. The predicted molar refractivity (Wildman–Crippen MR) is 76.7 cm³/mol. The lowest BCUT2D eigenvalue weighted by molar-refractivity contribution is 0.602. The zero-order chi connectivity index (χ0) is 12.5. The zero-order valence-corrected chi connectivity index (χ0v) is 12.1. The standard InChI is InChI=1S/C15H19BrFN/c16-8-13-5-6-15(14(17)7-13)18(9-11-1-2-11)10-12-3-4-12/h5-7,11-12H,1-4,8-10H2. The van der Waals surface area contributed by atoms with Gasteiger partial charge in [-0.3, -0.25) is 0 Å². The number of hydrogen-bond donors (Lipinski definition) is 0. The minimum atomic E-state index is -0.0618. The van der Waals surface area contributed by atoms with Gasteiger partial charge in [0.15, 0.2) is 0 Å². The zero-order valence-electron chi connectivity index (χ0n) is 10.5. The molecular weight excluding hydrogens is 293 g/mol. The van der Waals surface area contributed by atoms with Gasteiger partial charge in [0.2, 0.25) is 0 Å². The third-order valence-electron chi connectivity index (χ3n) is 3.86. The Balaban J connectivity index is 1.77. The second-order valence-corrected chi connectivity index (χ2v) is 6.27. The van der Waals surface area contributed by atoms with Crippen molar-refractivity contribution in [2.45, 2.75) is 31.0 Å². The van der Waals surface area contributed by atoms with E-state index >= 15 is 0 Å². The highest BCUT2D eigenvalue weighted by Gasteiger charge is 2.30. The van der Waals surface area contributed by atoms with Gasteiger partial charge in [0, 0.05) is 18.4 Å². The minimum Gasteiger partial charge on any atom is -0.369 e. The van der Waals surface area contributed by atoms with E-state index in [1.54, 1.807) is 6.07 Å². The molecule has 0 radical (unpaired) electrons. The summed E-state index contributed by atoms with van der Waals surface area (Å²) in [6.07, 6.45) is 5.29. The Hall–Kier alpha value is -0.570. The summed E-state index contributed by atoms with van der Waals surface area (Å²) < 4.78 is 14.2.